The number of nitrogens with one attached hydrogen (secondary N) is 1. The van der Waals surface area contributed by atoms with Crippen LogP contribution in [-0.4, -0.2) is 40.8 Å². The van der Waals surface area contributed by atoms with Crippen molar-refractivity contribution in [3.05, 3.63) is 29.3 Å². The van der Waals surface area contributed by atoms with Gasteiger partial charge in [-0.15, -0.1) is 0 Å². The minimum Gasteiger partial charge on any atom is -0.493 e. The number of amides is 1. The Bertz CT molecular complexity index is 493. The van der Waals surface area contributed by atoms with Crippen LogP contribution in [0.4, 0.5) is 0 Å². The SMILES string of the molecule is Cc1cccc(C)c1OCCC(=O)NC(C(=O)O)C(C)O. The van der Waals surface area contributed by atoms with E-state index in [1.165, 1.54) is 6.92 Å². The molecule has 21 heavy (non-hydrogen) atoms. The highest BCUT2D eigenvalue weighted by molar-refractivity contribution is 5.83. The average Bonchev–Trinajstić information content (AvgIpc) is 2.38. The molecule has 0 spiro atoms. The summed E-state index contributed by atoms with van der Waals surface area (Å²) in [7, 11) is 0. The number of aliphatic hydroxyl groups is 1. The standard InChI is InChI=1S/C15H21NO5/c1-9-5-4-6-10(2)14(9)21-8-7-12(18)16-13(11(3)17)15(19)20/h4-6,11,13,17H,7-8H2,1-3H3,(H,16,18)(H,19,20). The summed E-state index contributed by atoms with van der Waals surface area (Å²) in [5.74, 6) is -1.01. The Morgan fingerprint density at radius 3 is 2.33 bits per heavy atom. The Balaban J connectivity index is 2.49. The zero-order valence-corrected chi connectivity index (χ0v) is 12.4. The Morgan fingerprint density at radius 2 is 1.86 bits per heavy atom. The van der Waals surface area contributed by atoms with E-state index in [1.807, 2.05) is 32.0 Å². The molecule has 6 heteroatoms. The molecule has 0 fully saturated rings. The maximum absolute atomic E-state index is 11.7. The number of ether oxygens (including phenoxy) is 1. The van der Waals surface area contributed by atoms with Gasteiger partial charge in [-0.25, -0.2) is 4.79 Å². The topological polar surface area (TPSA) is 95.9 Å². The summed E-state index contributed by atoms with van der Waals surface area (Å²) >= 11 is 0. The zero-order valence-electron chi connectivity index (χ0n) is 12.4. The number of aliphatic hydroxyl groups excluding tert-OH is 1. The van der Waals surface area contributed by atoms with Crippen LogP contribution in [0.25, 0.3) is 0 Å². The van der Waals surface area contributed by atoms with E-state index < -0.39 is 24.0 Å². The van der Waals surface area contributed by atoms with E-state index in [1.54, 1.807) is 0 Å². The van der Waals surface area contributed by atoms with Crippen molar-refractivity contribution in [1.82, 2.24) is 5.32 Å². The molecule has 0 heterocycles. The van der Waals surface area contributed by atoms with Crippen molar-refractivity contribution >= 4 is 11.9 Å². The first-order valence-corrected chi connectivity index (χ1v) is 6.72. The maximum atomic E-state index is 11.7. The second-order valence-corrected chi connectivity index (χ2v) is 4.94. The molecular formula is C15H21NO5. The smallest absolute Gasteiger partial charge is 0.328 e. The largest absolute Gasteiger partial charge is 0.493 e. The van der Waals surface area contributed by atoms with E-state index in [4.69, 9.17) is 9.84 Å². The number of para-hydroxylation sites is 1. The Morgan fingerprint density at radius 1 is 1.29 bits per heavy atom. The van der Waals surface area contributed by atoms with Crippen LogP contribution >= 0.6 is 0 Å². The number of carboxylic acid groups (broad SMARTS) is 1. The van der Waals surface area contributed by atoms with Gasteiger partial charge in [0.2, 0.25) is 5.91 Å². The predicted molar refractivity (Wildman–Crippen MR) is 77.3 cm³/mol. The lowest BCUT2D eigenvalue weighted by atomic mass is 10.1. The molecule has 0 saturated carbocycles. The summed E-state index contributed by atoms with van der Waals surface area (Å²) in [6.07, 6.45) is -1.14. The normalized spacial score (nSPS) is 13.3. The van der Waals surface area contributed by atoms with Crippen molar-refractivity contribution in [2.24, 2.45) is 0 Å². The summed E-state index contributed by atoms with van der Waals surface area (Å²) in [5, 5.41) is 20.4. The van der Waals surface area contributed by atoms with Crippen LogP contribution in [0.3, 0.4) is 0 Å². The Hall–Kier alpha value is -2.08. The van der Waals surface area contributed by atoms with Gasteiger partial charge in [-0.05, 0) is 31.9 Å². The predicted octanol–water partition coefficient (Wildman–Crippen LogP) is 1.02. The van der Waals surface area contributed by atoms with Gasteiger partial charge in [0.05, 0.1) is 19.1 Å². The molecule has 0 aromatic heterocycles. The number of aryl methyl sites for hydroxylation is 2. The molecule has 0 saturated heterocycles. The fraction of sp³-hybridized carbons (Fsp3) is 0.467. The number of carbonyl (C=O) groups is 2. The minimum atomic E-state index is -1.31. The molecule has 1 aromatic carbocycles. The van der Waals surface area contributed by atoms with Gasteiger partial charge >= 0.3 is 5.97 Å². The number of hydrogen-bond donors (Lipinski definition) is 3. The van der Waals surface area contributed by atoms with Crippen LogP contribution in [0.5, 0.6) is 5.75 Å². The van der Waals surface area contributed by atoms with Crippen LogP contribution in [0.15, 0.2) is 18.2 Å². The summed E-state index contributed by atoms with van der Waals surface area (Å²) in [4.78, 5) is 22.5. The van der Waals surface area contributed by atoms with Crippen LogP contribution < -0.4 is 10.1 Å². The summed E-state index contributed by atoms with van der Waals surface area (Å²) in [6.45, 7) is 5.28. The molecule has 0 aliphatic carbocycles. The van der Waals surface area contributed by atoms with Gasteiger partial charge in [0, 0.05) is 0 Å². The van der Waals surface area contributed by atoms with E-state index in [2.05, 4.69) is 5.32 Å². The molecule has 0 radical (unpaired) electrons. The van der Waals surface area contributed by atoms with Crippen LogP contribution in [0.1, 0.15) is 24.5 Å². The lowest BCUT2D eigenvalue weighted by Crippen LogP contribution is -2.47. The van der Waals surface area contributed by atoms with Gasteiger partial charge in [-0.2, -0.15) is 0 Å². The van der Waals surface area contributed by atoms with E-state index in [0.29, 0.717) is 0 Å². The first kappa shape index (κ1) is 17.0. The quantitative estimate of drug-likeness (QED) is 0.698. The van der Waals surface area contributed by atoms with E-state index in [-0.39, 0.29) is 13.0 Å². The maximum Gasteiger partial charge on any atom is 0.328 e. The van der Waals surface area contributed by atoms with Gasteiger partial charge < -0.3 is 20.3 Å². The highest BCUT2D eigenvalue weighted by Crippen LogP contribution is 2.22. The van der Waals surface area contributed by atoms with E-state index in [9.17, 15) is 14.7 Å². The number of aliphatic carboxylic acids is 1. The number of carbonyl (C=O) groups excluding carboxylic acids is 1. The third-order valence-corrected chi connectivity index (χ3v) is 3.05. The number of hydrogen-bond acceptors (Lipinski definition) is 4. The number of carboxylic acids is 1. The molecule has 116 valence electrons. The van der Waals surface area contributed by atoms with E-state index in [0.717, 1.165) is 16.9 Å². The van der Waals surface area contributed by atoms with Crippen molar-refractivity contribution in [1.29, 1.82) is 0 Å². The molecule has 1 amide bonds. The number of benzene rings is 1. The third kappa shape index (κ3) is 5.07. The van der Waals surface area contributed by atoms with Gasteiger partial charge in [0.15, 0.2) is 6.04 Å². The van der Waals surface area contributed by atoms with E-state index >= 15 is 0 Å². The lowest BCUT2D eigenvalue weighted by Gasteiger charge is -2.17. The molecular weight excluding hydrogens is 274 g/mol. The molecule has 2 unspecified atom stereocenters. The molecule has 1 aromatic rings. The molecule has 0 bridgehead atoms. The minimum absolute atomic E-state index is 0.0181. The van der Waals surface area contributed by atoms with Crippen molar-refractivity contribution in [2.75, 3.05) is 6.61 Å². The summed E-state index contributed by atoms with van der Waals surface area (Å²) in [5.41, 5.74) is 1.95. The fourth-order valence-corrected chi connectivity index (χ4v) is 1.91. The Kier molecular flexibility index (Phi) is 6.17. The third-order valence-electron chi connectivity index (χ3n) is 3.05. The zero-order chi connectivity index (χ0) is 16.0. The molecule has 0 aliphatic rings. The van der Waals surface area contributed by atoms with Crippen LogP contribution in [0.2, 0.25) is 0 Å². The second kappa shape index (κ2) is 7.64. The molecule has 2 atom stereocenters. The van der Waals surface area contributed by atoms with Crippen molar-refractivity contribution < 1.29 is 24.5 Å². The lowest BCUT2D eigenvalue weighted by molar-refractivity contribution is -0.144. The van der Waals surface area contributed by atoms with Crippen molar-refractivity contribution in [2.45, 2.75) is 39.3 Å². The highest BCUT2D eigenvalue weighted by atomic mass is 16.5. The van der Waals surface area contributed by atoms with Crippen LogP contribution in [-0.2, 0) is 9.59 Å². The fourth-order valence-electron chi connectivity index (χ4n) is 1.91. The first-order chi connectivity index (χ1) is 9.82. The monoisotopic (exact) mass is 295 g/mol. The highest BCUT2D eigenvalue weighted by Gasteiger charge is 2.24. The molecule has 6 nitrogen and oxygen atoms in total. The second-order valence-electron chi connectivity index (χ2n) is 4.94. The van der Waals surface area contributed by atoms with Gasteiger partial charge in [-0.1, -0.05) is 18.2 Å². The molecule has 0 aliphatic heterocycles. The molecule has 1 rings (SSSR count). The van der Waals surface area contributed by atoms with Crippen LogP contribution in [0, 0.1) is 13.8 Å². The summed E-state index contributed by atoms with van der Waals surface area (Å²) in [6, 6.07) is 4.44. The van der Waals surface area contributed by atoms with Crippen molar-refractivity contribution in [3.8, 4) is 5.75 Å². The molecule has 3 N–H and O–H groups in total. The average molecular weight is 295 g/mol. The first-order valence-electron chi connectivity index (χ1n) is 6.72. The number of rotatable bonds is 7. The van der Waals surface area contributed by atoms with Crippen molar-refractivity contribution in [3.63, 3.8) is 0 Å². The van der Waals surface area contributed by atoms with Gasteiger partial charge in [0.25, 0.3) is 0 Å². The van der Waals surface area contributed by atoms with Gasteiger partial charge in [-0.3, -0.25) is 4.79 Å². The Labute approximate surface area is 123 Å². The van der Waals surface area contributed by atoms with Gasteiger partial charge in [0.1, 0.15) is 5.75 Å². The summed E-state index contributed by atoms with van der Waals surface area (Å²) < 4.78 is 5.57.